The third-order valence-corrected chi connectivity index (χ3v) is 4.00. The highest BCUT2D eigenvalue weighted by Gasteiger charge is 2.03. The fourth-order valence-corrected chi connectivity index (χ4v) is 2.79. The number of hydrogen-bond acceptors (Lipinski definition) is 3. The third kappa shape index (κ3) is 2.22. The minimum atomic E-state index is -0.153. The maximum atomic E-state index is 11.7. The first-order valence-electron chi connectivity index (χ1n) is 5.95. The number of aromatic amines is 1. The quantitative estimate of drug-likeness (QED) is 0.773. The van der Waals surface area contributed by atoms with Crippen LogP contribution >= 0.6 is 11.3 Å². The molecule has 0 aliphatic carbocycles. The van der Waals surface area contributed by atoms with Crippen LogP contribution in [0.4, 0.5) is 0 Å². The number of rotatable bonds is 2. The molecule has 19 heavy (non-hydrogen) atoms. The second-order valence-corrected chi connectivity index (χ2v) is 5.23. The molecule has 0 bridgehead atoms. The van der Waals surface area contributed by atoms with Gasteiger partial charge in [0.25, 0.3) is 5.56 Å². The summed E-state index contributed by atoms with van der Waals surface area (Å²) in [5.41, 5.74) is 1.87. The molecule has 0 radical (unpaired) electrons. The van der Waals surface area contributed by atoms with Crippen molar-refractivity contribution in [2.24, 2.45) is 0 Å². The lowest BCUT2D eigenvalue weighted by atomic mass is 10.1. The lowest BCUT2D eigenvalue weighted by Crippen LogP contribution is -2.09. The Morgan fingerprint density at radius 2 is 1.95 bits per heavy atom. The van der Waals surface area contributed by atoms with E-state index < -0.39 is 0 Å². The van der Waals surface area contributed by atoms with Gasteiger partial charge >= 0.3 is 0 Å². The number of aromatic nitrogens is 2. The number of aryl methyl sites for hydroxylation is 1. The summed E-state index contributed by atoms with van der Waals surface area (Å²) in [6.45, 7) is 2.08. The fourth-order valence-electron chi connectivity index (χ4n) is 1.97. The number of benzene rings is 1. The Morgan fingerprint density at radius 1 is 1.16 bits per heavy atom. The SMILES string of the molecule is Cc1ccsc1/C=C/c1n[nH]c(=O)c2ccccc12. The summed E-state index contributed by atoms with van der Waals surface area (Å²) in [5.74, 6) is 0. The second-order valence-electron chi connectivity index (χ2n) is 4.28. The standard InChI is InChI=1S/C15H12N2OS/c1-10-8-9-19-14(10)7-6-13-11-4-2-3-5-12(11)15(18)17-16-13/h2-9H,1H3,(H,17,18)/b7-6+. The average molecular weight is 268 g/mol. The van der Waals surface area contributed by atoms with Crippen LogP contribution in [0, 0.1) is 6.92 Å². The van der Waals surface area contributed by atoms with Gasteiger partial charge in [0.1, 0.15) is 0 Å². The summed E-state index contributed by atoms with van der Waals surface area (Å²) >= 11 is 1.69. The Bertz CT molecular complexity index is 814. The predicted molar refractivity (Wildman–Crippen MR) is 80.3 cm³/mol. The molecule has 1 N–H and O–H groups in total. The number of hydrogen-bond donors (Lipinski definition) is 1. The molecule has 0 saturated heterocycles. The van der Waals surface area contributed by atoms with Crippen LogP contribution < -0.4 is 5.56 Å². The first-order chi connectivity index (χ1) is 9.25. The van der Waals surface area contributed by atoms with E-state index in [2.05, 4.69) is 28.6 Å². The van der Waals surface area contributed by atoms with Gasteiger partial charge in [-0.1, -0.05) is 18.2 Å². The van der Waals surface area contributed by atoms with E-state index in [0.29, 0.717) is 5.39 Å². The number of thiophene rings is 1. The molecule has 3 rings (SSSR count). The first kappa shape index (κ1) is 11.9. The van der Waals surface area contributed by atoms with Crippen LogP contribution in [0.25, 0.3) is 22.9 Å². The molecule has 0 atom stereocenters. The van der Waals surface area contributed by atoms with E-state index in [1.807, 2.05) is 36.4 Å². The van der Waals surface area contributed by atoms with Crippen LogP contribution in [-0.4, -0.2) is 10.2 Å². The van der Waals surface area contributed by atoms with E-state index in [1.54, 1.807) is 11.3 Å². The molecule has 0 spiro atoms. The van der Waals surface area contributed by atoms with Crippen LogP contribution in [0.1, 0.15) is 16.1 Å². The van der Waals surface area contributed by atoms with Crippen LogP contribution in [0.5, 0.6) is 0 Å². The Morgan fingerprint density at radius 3 is 2.68 bits per heavy atom. The van der Waals surface area contributed by atoms with Crippen molar-refractivity contribution in [3.63, 3.8) is 0 Å². The molecule has 2 heterocycles. The van der Waals surface area contributed by atoms with Gasteiger partial charge in [-0.05, 0) is 42.2 Å². The number of nitrogens with one attached hydrogen (secondary N) is 1. The maximum Gasteiger partial charge on any atom is 0.272 e. The van der Waals surface area contributed by atoms with E-state index in [-0.39, 0.29) is 5.56 Å². The van der Waals surface area contributed by atoms with Crippen molar-refractivity contribution in [3.8, 4) is 0 Å². The summed E-state index contributed by atoms with van der Waals surface area (Å²) in [6.07, 6.45) is 3.98. The highest BCUT2D eigenvalue weighted by Crippen LogP contribution is 2.20. The van der Waals surface area contributed by atoms with Crippen molar-refractivity contribution in [1.82, 2.24) is 10.2 Å². The highest BCUT2D eigenvalue weighted by molar-refractivity contribution is 7.11. The van der Waals surface area contributed by atoms with Crippen LogP contribution in [0.3, 0.4) is 0 Å². The summed E-state index contributed by atoms with van der Waals surface area (Å²) in [5, 5.41) is 10.3. The number of H-pyrrole nitrogens is 1. The average Bonchev–Trinajstić information content (AvgIpc) is 2.84. The van der Waals surface area contributed by atoms with Gasteiger partial charge in [0.2, 0.25) is 0 Å². The van der Waals surface area contributed by atoms with Crippen molar-refractivity contribution < 1.29 is 0 Å². The van der Waals surface area contributed by atoms with Crippen molar-refractivity contribution in [2.45, 2.75) is 6.92 Å². The summed E-state index contributed by atoms with van der Waals surface area (Å²) in [4.78, 5) is 12.9. The second kappa shape index (κ2) is 4.82. The van der Waals surface area contributed by atoms with Crippen LogP contribution in [-0.2, 0) is 0 Å². The van der Waals surface area contributed by atoms with Gasteiger partial charge in [-0.3, -0.25) is 4.79 Å². The normalized spacial score (nSPS) is 11.4. The van der Waals surface area contributed by atoms with E-state index in [1.165, 1.54) is 10.4 Å². The van der Waals surface area contributed by atoms with Gasteiger partial charge in [0.15, 0.2) is 0 Å². The van der Waals surface area contributed by atoms with Gasteiger partial charge in [-0.25, -0.2) is 5.10 Å². The molecule has 0 saturated carbocycles. The topological polar surface area (TPSA) is 45.8 Å². The fraction of sp³-hybridized carbons (Fsp3) is 0.0667. The first-order valence-corrected chi connectivity index (χ1v) is 6.83. The summed E-state index contributed by atoms with van der Waals surface area (Å²) in [6, 6.07) is 9.58. The Hall–Kier alpha value is -2.20. The van der Waals surface area contributed by atoms with Gasteiger partial charge in [0.05, 0.1) is 11.1 Å². The van der Waals surface area contributed by atoms with E-state index in [0.717, 1.165) is 11.1 Å². The molecular formula is C15H12N2OS. The molecule has 4 heteroatoms. The van der Waals surface area contributed by atoms with Crippen LogP contribution in [0.15, 0.2) is 40.5 Å². The van der Waals surface area contributed by atoms with Crippen molar-refractivity contribution >= 4 is 34.3 Å². The largest absolute Gasteiger partial charge is 0.272 e. The minimum absolute atomic E-state index is 0.153. The highest BCUT2D eigenvalue weighted by atomic mass is 32.1. The van der Waals surface area contributed by atoms with Crippen molar-refractivity contribution in [2.75, 3.05) is 0 Å². The number of nitrogens with zero attached hydrogens (tertiary/aromatic N) is 1. The molecule has 3 aromatic rings. The molecule has 0 aliphatic heterocycles. The van der Waals surface area contributed by atoms with E-state index in [9.17, 15) is 4.79 Å². The number of fused-ring (bicyclic) bond motifs is 1. The van der Waals surface area contributed by atoms with Crippen LogP contribution in [0.2, 0.25) is 0 Å². The Labute approximate surface area is 114 Å². The molecule has 0 fully saturated rings. The Kier molecular flexibility index (Phi) is 3.01. The van der Waals surface area contributed by atoms with Crippen molar-refractivity contribution in [3.05, 3.63) is 62.2 Å². The molecule has 0 aliphatic rings. The van der Waals surface area contributed by atoms with E-state index >= 15 is 0 Å². The summed E-state index contributed by atoms with van der Waals surface area (Å²) < 4.78 is 0. The molecule has 0 unspecified atom stereocenters. The molecule has 94 valence electrons. The third-order valence-electron chi connectivity index (χ3n) is 3.02. The van der Waals surface area contributed by atoms with Gasteiger partial charge in [0, 0.05) is 10.3 Å². The Balaban J connectivity index is 2.12. The molecule has 3 nitrogen and oxygen atoms in total. The molecule has 1 aromatic carbocycles. The van der Waals surface area contributed by atoms with Gasteiger partial charge < -0.3 is 0 Å². The van der Waals surface area contributed by atoms with E-state index in [4.69, 9.17) is 0 Å². The monoisotopic (exact) mass is 268 g/mol. The van der Waals surface area contributed by atoms with Crippen molar-refractivity contribution in [1.29, 1.82) is 0 Å². The lowest BCUT2D eigenvalue weighted by molar-refractivity contribution is 1.00. The maximum absolute atomic E-state index is 11.7. The zero-order valence-electron chi connectivity index (χ0n) is 10.4. The predicted octanol–water partition coefficient (Wildman–Crippen LogP) is 3.46. The van der Waals surface area contributed by atoms with Gasteiger partial charge in [-0.15, -0.1) is 11.3 Å². The minimum Gasteiger partial charge on any atom is -0.267 e. The lowest BCUT2D eigenvalue weighted by Gasteiger charge is -1.99. The molecule has 0 amide bonds. The zero-order valence-corrected chi connectivity index (χ0v) is 11.2. The molecular weight excluding hydrogens is 256 g/mol. The summed E-state index contributed by atoms with van der Waals surface area (Å²) in [7, 11) is 0. The molecule has 2 aromatic heterocycles. The van der Waals surface area contributed by atoms with Gasteiger partial charge in [-0.2, -0.15) is 5.10 Å². The smallest absolute Gasteiger partial charge is 0.267 e. The zero-order chi connectivity index (χ0) is 13.2.